The highest BCUT2D eigenvalue weighted by molar-refractivity contribution is 5.36. The van der Waals surface area contributed by atoms with Crippen molar-refractivity contribution < 1.29 is 10.2 Å². The van der Waals surface area contributed by atoms with Crippen LogP contribution in [0.3, 0.4) is 0 Å². The molecule has 0 aliphatic carbocycles. The van der Waals surface area contributed by atoms with E-state index >= 15 is 0 Å². The van der Waals surface area contributed by atoms with Crippen LogP contribution < -0.4 is 0 Å². The zero-order valence-corrected chi connectivity index (χ0v) is 9.41. The fraction of sp³-hybridized carbons (Fsp3) is 0.500. The molecule has 0 fully saturated rings. The lowest BCUT2D eigenvalue weighted by atomic mass is 10.0. The molecule has 2 N–H and O–H groups in total. The number of phenolic OH excluding ortho intramolecular Hbond substituents is 1. The molecule has 14 heavy (non-hydrogen) atoms. The summed E-state index contributed by atoms with van der Waals surface area (Å²) >= 11 is 0. The van der Waals surface area contributed by atoms with Crippen LogP contribution in [0.5, 0.6) is 5.75 Å². The molecular formula is C12H20O2. The summed E-state index contributed by atoms with van der Waals surface area (Å²) in [6.07, 6.45) is 0. The Morgan fingerprint density at radius 2 is 1.79 bits per heavy atom. The molecule has 1 aromatic carbocycles. The van der Waals surface area contributed by atoms with Gasteiger partial charge in [-0.15, -0.1) is 0 Å². The van der Waals surface area contributed by atoms with Crippen molar-refractivity contribution in [2.75, 3.05) is 6.61 Å². The highest BCUT2D eigenvalue weighted by Gasteiger charge is 2.00. The van der Waals surface area contributed by atoms with Gasteiger partial charge in [-0.25, -0.2) is 0 Å². The minimum absolute atomic E-state index is 0.250. The Bertz CT molecular complexity index is 267. The molecule has 0 radical (unpaired) electrons. The molecule has 0 aliphatic heterocycles. The van der Waals surface area contributed by atoms with Gasteiger partial charge in [-0.3, -0.25) is 0 Å². The molecule has 0 heterocycles. The Hall–Kier alpha value is -1.02. The number of hydrogen-bond acceptors (Lipinski definition) is 2. The molecule has 0 bridgehead atoms. The van der Waals surface area contributed by atoms with E-state index in [2.05, 4.69) is 19.9 Å². The lowest BCUT2D eigenvalue weighted by Gasteiger charge is -2.06. The number of aromatic hydroxyl groups is 1. The fourth-order valence-electron chi connectivity index (χ4n) is 0.986. The number of rotatable bonds is 1. The lowest BCUT2D eigenvalue weighted by Crippen LogP contribution is -1.86. The summed E-state index contributed by atoms with van der Waals surface area (Å²) in [6.45, 7) is 8.06. The summed E-state index contributed by atoms with van der Waals surface area (Å²) < 4.78 is 0. The molecule has 0 aromatic heterocycles. The smallest absolute Gasteiger partial charge is 0.118 e. The highest BCUT2D eigenvalue weighted by atomic mass is 16.3. The second-order valence-corrected chi connectivity index (χ2v) is 3.52. The molecule has 0 amide bonds. The first kappa shape index (κ1) is 13.0. The van der Waals surface area contributed by atoms with E-state index < -0.39 is 0 Å². The second kappa shape index (κ2) is 6.44. The van der Waals surface area contributed by atoms with Gasteiger partial charge < -0.3 is 10.2 Å². The summed E-state index contributed by atoms with van der Waals surface area (Å²) in [5.41, 5.74) is 2.13. The molecule has 0 atom stereocenters. The van der Waals surface area contributed by atoms with E-state index in [1.165, 1.54) is 5.56 Å². The maximum atomic E-state index is 9.35. The van der Waals surface area contributed by atoms with E-state index in [1.54, 1.807) is 6.92 Å². The van der Waals surface area contributed by atoms with Crippen LogP contribution in [0, 0.1) is 6.92 Å². The topological polar surface area (TPSA) is 40.5 Å². The largest absolute Gasteiger partial charge is 0.508 e. The summed E-state index contributed by atoms with van der Waals surface area (Å²) in [5.74, 6) is 0.887. The van der Waals surface area contributed by atoms with Gasteiger partial charge in [0.1, 0.15) is 5.75 Å². The third kappa shape index (κ3) is 4.28. The highest BCUT2D eigenvalue weighted by Crippen LogP contribution is 2.22. The number of phenols is 1. The molecule has 0 aliphatic rings. The van der Waals surface area contributed by atoms with E-state index in [0.29, 0.717) is 11.7 Å². The monoisotopic (exact) mass is 196 g/mol. The van der Waals surface area contributed by atoms with Gasteiger partial charge in [0.25, 0.3) is 0 Å². The van der Waals surface area contributed by atoms with Crippen molar-refractivity contribution in [2.24, 2.45) is 0 Å². The first-order chi connectivity index (χ1) is 6.52. The van der Waals surface area contributed by atoms with E-state index in [4.69, 9.17) is 5.11 Å². The van der Waals surface area contributed by atoms with Gasteiger partial charge in [0.05, 0.1) is 0 Å². The molecule has 2 heteroatoms. The van der Waals surface area contributed by atoms with Crippen LogP contribution in [0.15, 0.2) is 18.2 Å². The van der Waals surface area contributed by atoms with Crippen molar-refractivity contribution in [2.45, 2.75) is 33.6 Å². The van der Waals surface area contributed by atoms with Crippen LogP contribution in [-0.4, -0.2) is 16.8 Å². The van der Waals surface area contributed by atoms with Gasteiger partial charge in [0.15, 0.2) is 0 Å². The number of aryl methyl sites for hydroxylation is 1. The maximum Gasteiger partial charge on any atom is 0.118 e. The SMILES string of the molecule is CCO.Cc1ccc(C(C)C)cc1O. The first-order valence-electron chi connectivity index (χ1n) is 4.93. The zero-order chi connectivity index (χ0) is 11.1. The van der Waals surface area contributed by atoms with Gasteiger partial charge in [-0.1, -0.05) is 26.0 Å². The van der Waals surface area contributed by atoms with Crippen LogP contribution >= 0.6 is 0 Å². The van der Waals surface area contributed by atoms with Crippen LogP contribution in [-0.2, 0) is 0 Å². The van der Waals surface area contributed by atoms with Gasteiger partial charge >= 0.3 is 0 Å². The third-order valence-corrected chi connectivity index (χ3v) is 1.90. The van der Waals surface area contributed by atoms with E-state index in [0.717, 1.165) is 5.56 Å². The molecule has 2 nitrogen and oxygen atoms in total. The van der Waals surface area contributed by atoms with E-state index in [1.807, 2.05) is 19.1 Å². The number of aliphatic hydroxyl groups is 1. The Balaban J connectivity index is 0.000000500. The Morgan fingerprint density at radius 1 is 1.29 bits per heavy atom. The standard InChI is InChI=1S/C10H14O.C2H6O/c1-7(2)9-5-4-8(3)10(11)6-9;1-2-3/h4-7,11H,1-3H3;3H,2H2,1H3. The molecule has 0 unspecified atom stereocenters. The minimum atomic E-state index is 0.250. The molecule has 80 valence electrons. The number of hydrogen-bond donors (Lipinski definition) is 2. The quantitative estimate of drug-likeness (QED) is 0.725. The van der Waals surface area contributed by atoms with Gasteiger partial charge in [-0.05, 0) is 37.0 Å². The van der Waals surface area contributed by atoms with Crippen molar-refractivity contribution in [3.8, 4) is 5.75 Å². The normalized spacial score (nSPS) is 9.57. The van der Waals surface area contributed by atoms with E-state index in [9.17, 15) is 5.11 Å². The van der Waals surface area contributed by atoms with Crippen molar-refractivity contribution in [1.82, 2.24) is 0 Å². The van der Waals surface area contributed by atoms with Gasteiger partial charge in [-0.2, -0.15) is 0 Å². The molecule has 0 saturated carbocycles. The van der Waals surface area contributed by atoms with Crippen molar-refractivity contribution in [1.29, 1.82) is 0 Å². The molecular weight excluding hydrogens is 176 g/mol. The fourth-order valence-corrected chi connectivity index (χ4v) is 0.986. The summed E-state index contributed by atoms with van der Waals surface area (Å²) in [6, 6.07) is 5.84. The third-order valence-electron chi connectivity index (χ3n) is 1.90. The maximum absolute atomic E-state index is 9.35. The van der Waals surface area contributed by atoms with Crippen LogP contribution in [0.25, 0.3) is 0 Å². The zero-order valence-electron chi connectivity index (χ0n) is 9.41. The van der Waals surface area contributed by atoms with Crippen molar-refractivity contribution in [3.63, 3.8) is 0 Å². The Labute approximate surface area is 86.2 Å². The Kier molecular flexibility index (Phi) is 5.97. The predicted octanol–water partition coefficient (Wildman–Crippen LogP) is 2.82. The lowest BCUT2D eigenvalue weighted by molar-refractivity contribution is 0.318. The van der Waals surface area contributed by atoms with Gasteiger partial charge in [0.2, 0.25) is 0 Å². The second-order valence-electron chi connectivity index (χ2n) is 3.52. The average molecular weight is 196 g/mol. The summed E-state index contributed by atoms with van der Waals surface area (Å²) in [4.78, 5) is 0. The van der Waals surface area contributed by atoms with Crippen molar-refractivity contribution in [3.05, 3.63) is 29.3 Å². The van der Waals surface area contributed by atoms with Crippen LogP contribution in [0.2, 0.25) is 0 Å². The van der Waals surface area contributed by atoms with Gasteiger partial charge in [0, 0.05) is 6.61 Å². The minimum Gasteiger partial charge on any atom is -0.508 e. The molecule has 0 saturated heterocycles. The first-order valence-corrected chi connectivity index (χ1v) is 4.93. The van der Waals surface area contributed by atoms with Crippen molar-refractivity contribution >= 4 is 0 Å². The van der Waals surface area contributed by atoms with Crippen LogP contribution in [0.1, 0.15) is 37.8 Å². The number of benzene rings is 1. The predicted molar refractivity (Wildman–Crippen MR) is 59.7 cm³/mol. The summed E-state index contributed by atoms with van der Waals surface area (Å²) in [5, 5.41) is 16.9. The number of aliphatic hydroxyl groups excluding tert-OH is 1. The average Bonchev–Trinajstić information content (AvgIpc) is 2.10. The molecule has 0 spiro atoms. The van der Waals surface area contributed by atoms with E-state index in [-0.39, 0.29) is 6.61 Å². The summed E-state index contributed by atoms with van der Waals surface area (Å²) in [7, 11) is 0. The van der Waals surface area contributed by atoms with Crippen LogP contribution in [0.4, 0.5) is 0 Å². The molecule has 1 aromatic rings. The Morgan fingerprint density at radius 3 is 2.14 bits per heavy atom. The molecule has 1 rings (SSSR count).